The third-order valence-corrected chi connectivity index (χ3v) is 3.67. The van der Waals surface area contributed by atoms with Crippen LogP contribution in [0.15, 0.2) is 22.8 Å². The molecule has 0 aliphatic rings. The highest BCUT2D eigenvalue weighted by molar-refractivity contribution is 9.10. The molecule has 1 heterocycles. The highest BCUT2D eigenvalue weighted by atomic mass is 79.9. The van der Waals surface area contributed by atoms with Crippen molar-refractivity contribution >= 4 is 21.7 Å². The first kappa shape index (κ1) is 13.5. The molecule has 90 valence electrons. The summed E-state index contributed by atoms with van der Waals surface area (Å²) in [7, 11) is 0. The lowest BCUT2D eigenvalue weighted by Crippen LogP contribution is -2.30. The van der Waals surface area contributed by atoms with Gasteiger partial charge in [0, 0.05) is 19.3 Å². The van der Waals surface area contributed by atoms with Crippen LogP contribution in [-0.2, 0) is 0 Å². The predicted molar refractivity (Wildman–Crippen MR) is 73.9 cm³/mol. The zero-order valence-corrected chi connectivity index (χ0v) is 12.0. The molecule has 0 saturated heterocycles. The molecule has 0 aliphatic heterocycles. The lowest BCUT2D eigenvalue weighted by Gasteiger charge is -2.27. The van der Waals surface area contributed by atoms with E-state index < -0.39 is 0 Å². The average Bonchev–Trinajstić information content (AvgIpc) is 2.32. The van der Waals surface area contributed by atoms with Crippen LogP contribution in [0.25, 0.3) is 0 Å². The Morgan fingerprint density at radius 1 is 1.31 bits per heavy atom. The molecule has 1 rings (SSSR count). The maximum atomic E-state index is 4.45. The van der Waals surface area contributed by atoms with Crippen LogP contribution in [0.4, 0.5) is 5.82 Å². The molecule has 0 saturated carbocycles. The van der Waals surface area contributed by atoms with Gasteiger partial charge in [0.05, 0.1) is 4.47 Å². The van der Waals surface area contributed by atoms with Gasteiger partial charge in [-0.25, -0.2) is 4.98 Å². The van der Waals surface area contributed by atoms with Gasteiger partial charge in [-0.05, 0) is 40.9 Å². The Morgan fingerprint density at radius 3 is 2.50 bits per heavy atom. The van der Waals surface area contributed by atoms with Crippen LogP contribution in [0.3, 0.4) is 0 Å². The lowest BCUT2D eigenvalue weighted by molar-refractivity contribution is 0.484. The van der Waals surface area contributed by atoms with Crippen LogP contribution < -0.4 is 4.90 Å². The quantitative estimate of drug-likeness (QED) is 0.782. The molecule has 0 amide bonds. The molecule has 0 N–H and O–H groups in total. The normalized spacial score (nSPS) is 10.8. The summed E-state index contributed by atoms with van der Waals surface area (Å²) in [6.07, 6.45) is 4.32. The number of pyridine rings is 1. The number of hydrogen-bond donors (Lipinski definition) is 0. The summed E-state index contributed by atoms with van der Waals surface area (Å²) in [6.45, 7) is 8.81. The second-order valence-electron chi connectivity index (χ2n) is 4.03. The summed E-state index contributed by atoms with van der Waals surface area (Å²) in [5.41, 5.74) is 0. The van der Waals surface area contributed by atoms with Gasteiger partial charge in [0.1, 0.15) is 5.82 Å². The predicted octanol–water partition coefficient (Wildman–Crippen LogP) is 4.11. The minimum Gasteiger partial charge on any atom is -0.356 e. The van der Waals surface area contributed by atoms with E-state index in [1.54, 1.807) is 0 Å². The lowest BCUT2D eigenvalue weighted by atomic mass is 10.0. The molecule has 3 heteroatoms. The van der Waals surface area contributed by atoms with Crippen LogP contribution in [0.2, 0.25) is 0 Å². The zero-order chi connectivity index (χ0) is 12.0. The van der Waals surface area contributed by atoms with Gasteiger partial charge in [0.25, 0.3) is 0 Å². The number of nitrogens with zero attached hydrogens (tertiary/aromatic N) is 2. The molecule has 1 aromatic heterocycles. The molecule has 0 radical (unpaired) electrons. The van der Waals surface area contributed by atoms with E-state index in [2.05, 4.69) is 52.7 Å². The number of rotatable bonds is 6. The number of anilines is 1. The topological polar surface area (TPSA) is 16.1 Å². The zero-order valence-electron chi connectivity index (χ0n) is 10.4. The Balaban J connectivity index is 2.78. The standard InChI is InChI=1S/C13H21BrN2/c1-4-11(5-2)10-16(6-3)13-12(14)8-7-9-15-13/h7-9,11H,4-6,10H2,1-3H3. The summed E-state index contributed by atoms with van der Waals surface area (Å²) in [5.74, 6) is 1.82. The van der Waals surface area contributed by atoms with E-state index in [9.17, 15) is 0 Å². The Kier molecular flexibility index (Phi) is 5.81. The molecule has 0 fully saturated rings. The van der Waals surface area contributed by atoms with Crippen LogP contribution in [0, 0.1) is 5.92 Å². The summed E-state index contributed by atoms with van der Waals surface area (Å²) >= 11 is 3.57. The Labute approximate surface area is 107 Å². The van der Waals surface area contributed by atoms with Crippen molar-refractivity contribution in [3.05, 3.63) is 22.8 Å². The SMILES string of the molecule is CCC(CC)CN(CC)c1ncccc1Br. The molecule has 16 heavy (non-hydrogen) atoms. The van der Waals surface area contributed by atoms with Crippen LogP contribution in [0.5, 0.6) is 0 Å². The van der Waals surface area contributed by atoms with Crippen molar-refractivity contribution in [2.75, 3.05) is 18.0 Å². The fourth-order valence-electron chi connectivity index (χ4n) is 1.83. The van der Waals surface area contributed by atoms with Crippen molar-refractivity contribution < 1.29 is 0 Å². The summed E-state index contributed by atoms with van der Waals surface area (Å²) in [5, 5.41) is 0. The third-order valence-electron chi connectivity index (χ3n) is 3.05. The van der Waals surface area contributed by atoms with E-state index in [4.69, 9.17) is 0 Å². The fourth-order valence-corrected chi connectivity index (χ4v) is 2.34. The maximum absolute atomic E-state index is 4.45. The van der Waals surface area contributed by atoms with E-state index >= 15 is 0 Å². The van der Waals surface area contributed by atoms with Gasteiger partial charge in [0.15, 0.2) is 0 Å². The minimum atomic E-state index is 0.758. The second kappa shape index (κ2) is 6.89. The van der Waals surface area contributed by atoms with E-state index in [1.165, 1.54) is 12.8 Å². The average molecular weight is 285 g/mol. The molecule has 2 nitrogen and oxygen atoms in total. The highest BCUT2D eigenvalue weighted by Gasteiger charge is 2.13. The molecule has 0 bridgehead atoms. The van der Waals surface area contributed by atoms with Gasteiger partial charge in [-0.3, -0.25) is 0 Å². The fraction of sp³-hybridized carbons (Fsp3) is 0.615. The van der Waals surface area contributed by atoms with Crippen LogP contribution >= 0.6 is 15.9 Å². The first-order chi connectivity index (χ1) is 7.72. The van der Waals surface area contributed by atoms with E-state index in [0.29, 0.717) is 0 Å². The van der Waals surface area contributed by atoms with Crippen molar-refractivity contribution in [1.29, 1.82) is 0 Å². The van der Waals surface area contributed by atoms with Gasteiger partial charge in [-0.15, -0.1) is 0 Å². The summed E-state index contributed by atoms with van der Waals surface area (Å²) in [4.78, 5) is 6.80. The van der Waals surface area contributed by atoms with Gasteiger partial charge in [0.2, 0.25) is 0 Å². The molecule has 0 spiro atoms. The van der Waals surface area contributed by atoms with Gasteiger partial charge >= 0.3 is 0 Å². The molecule has 0 aliphatic carbocycles. The molecular formula is C13H21BrN2. The summed E-state index contributed by atoms with van der Waals surface area (Å²) in [6, 6.07) is 4.01. The molecule has 0 atom stereocenters. The Morgan fingerprint density at radius 2 is 2.00 bits per heavy atom. The number of halogens is 1. The van der Waals surface area contributed by atoms with E-state index in [-0.39, 0.29) is 0 Å². The summed E-state index contributed by atoms with van der Waals surface area (Å²) < 4.78 is 1.09. The van der Waals surface area contributed by atoms with E-state index in [1.807, 2.05) is 12.3 Å². The minimum absolute atomic E-state index is 0.758. The largest absolute Gasteiger partial charge is 0.356 e. The first-order valence-electron chi connectivity index (χ1n) is 6.08. The van der Waals surface area contributed by atoms with Crippen molar-refractivity contribution in [2.45, 2.75) is 33.6 Å². The molecule has 0 unspecified atom stereocenters. The maximum Gasteiger partial charge on any atom is 0.142 e. The molecular weight excluding hydrogens is 264 g/mol. The van der Waals surface area contributed by atoms with Crippen molar-refractivity contribution in [1.82, 2.24) is 4.98 Å². The highest BCUT2D eigenvalue weighted by Crippen LogP contribution is 2.24. The number of aromatic nitrogens is 1. The van der Waals surface area contributed by atoms with Gasteiger partial charge < -0.3 is 4.90 Å². The Hall–Kier alpha value is -0.570. The van der Waals surface area contributed by atoms with E-state index in [0.717, 1.165) is 29.3 Å². The molecule has 0 aromatic carbocycles. The second-order valence-corrected chi connectivity index (χ2v) is 4.88. The van der Waals surface area contributed by atoms with Crippen molar-refractivity contribution in [2.24, 2.45) is 5.92 Å². The van der Waals surface area contributed by atoms with Crippen LogP contribution in [0.1, 0.15) is 33.6 Å². The van der Waals surface area contributed by atoms with Gasteiger partial charge in [-0.1, -0.05) is 26.7 Å². The first-order valence-corrected chi connectivity index (χ1v) is 6.87. The molecule has 1 aromatic rings. The monoisotopic (exact) mass is 284 g/mol. The smallest absolute Gasteiger partial charge is 0.142 e. The third kappa shape index (κ3) is 3.48. The van der Waals surface area contributed by atoms with Crippen LogP contribution in [-0.4, -0.2) is 18.1 Å². The Bertz CT molecular complexity index is 311. The number of hydrogen-bond acceptors (Lipinski definition) is 2. The van der Waals surface area contributed by atoms with Gasteiger partial charge in [-0.2, -0.15) is 0 Å². The van der Waals surface area contributed by atoms with Crippen molar-refractivity contribution in [3.8, 4) is 0 Å². The van der Waals surface area contributed by atoms with Crippen molar-refractivity contribution in [3.63, 3.8) is 0 Å².